The van der Waals surface area contributed by atoms with Gasteiger partial charge in [-0.15, -0.1) is 0 Å². The van der Waals surface area contributed by atoms with Crippen molar-refractivity contribution in [2.75, 3.05) is 13.2 Å². The standard InChI is InChI=1S/C15H31O3P/c1-3-5-6-7-8-9-11-14(10-4-2)12-17-15(16)13-18-19/h14H,3-13,19H2,1-2H3. The summed E-state index contributed by atoms with van der Waals surface area (Å²) in [5.41, 5.74) is 0. The van der Waals surface area contributed by atoms with E-state index in [-0.39, 0.29) is 12.6 Å². The van der Waals surface area contributed by atoms with Crippen LogP contribution in [0, 0.1) is 5.92 Å². The van der Waals surface area contributed by atoms with E-state index in [0.717, 1.165) is 12.8 Å². The van der Waals surface area contributed by atoms with Crippen molar-refractivity contribution in [3.05, 3.63) is 0 Å². The van der Waals surface area contributed by atoms with Gasteiger partial charge in [-0.1, -0.05) is 58.8 Å². The summed E-state index contributed by atoms with van der Waals surface area (Å²) >= 11 is 0. The second kappa shape index (κ2) is 14.3. The van der Waals surface area contributed by atoms with Crippen LogP contribution in [0.2, 0.25) is 0 Å². The Morgan fingerprint density at radius 1 is 1.00 bits per heavy atom. The SMILES string of the molecule is CCCCCCCCC(CCC)COC(=O)COP. The zero-order valence-electron chi connectivity index (χ0n) is 12.7. The van der Waals surface area contributed by atoms with Gasteiger partial charge in [0.15, 0.2) is 0 Å². The topological polar surface area (TPSA) is 35.5 Å². The normalized spacial score (nSPS) is 12.4. The average molecular weight is 290 g/mol. The minimum atomic E-state index is -0.265. The Morgan fingerprint density at radius 2 is 1.68 bits per heavy atom. The lowest BCUT2D eigenvalue weighted by Crippen LogP contribution is -2.16. The Labute approximate surface area is 121 Å². The van der Waals surface area contributed by atoms with Gasteiger partial charge < -0.3 is 9.26 Å². The first kappa shape index (κ1) is 18.9. The van der Waals surface area contributed by atoms with Gasteiger partial charge in [0.25, 0.3) is 0 Å². The summed E-state index contributed by atoms with van der Waals surface area (Å²) < 4.78 is 9.89. The maximum atomic E-state index is 11.2. The van der Waals surface area contributed by atoms with Gasteiger partial charge in [0.1, 0.15) is 6.61 Å². The summed E-state index contributed by atoms with van der Waals surface area (Å²) in [6, 6.07) is 0. The van der Waals surface area contributed by atoms with Crippen molar-refractivity contribution in [2.45, 2.75) is 71.6 Å². The zero-order chi connectivity index (χ0) is 14.3. The van der Waals surface area contributed by atoms with E-state index in [1.807, 2.05) is 0 Å². The van der Waals surface area contributed by atoms with Crippen LogP contribution in [0.25, 0.3) is 0 Å². The van der Waals surface area contributed by atoms with Gasteiger partial charge in [0, 0.05) is 9.47 Å². The molecule has 0 N–H and O–H groups in total. The van der Waals surface area contributed by atoms with E-state index in [4.69, 9.17) is 4.74 Å². The van der Waals surface area contributed by atoms with E-state index in [9.17, 15) is 4.79 Å². The molecule has 19 heavy (non-hydrogen) atoms. The molecule has 0 aromatic rings. The van der Waals surface area contributed by atoms with Crippen molar-refractivity contribution in [1.29, 1.82) is 0 Å². The molecule has 0 fully saturated rings. The Hall–Kier alpha value is -0.140. The molecular weight excluding hydrogens is 259 g/mol. The van der Waals surface area contributed by atoms with Crippen LogP contribution in [0.4, 0.5) is 0 Å². The third-order valence-corrected chi connectivity index (χ3v) is 3.51. The molecule has 2 atom stereocenters. The van der Waals surface area contributed by atoms with Crippen LogP contribution in [0.5, 0.6) is 0 Å². The largest absolute Gasteiger partial charge is 0.464 e. The van der Waals surface area contributed by atoms with Crippen molar-refractivity contribution in [2.24, 2.45) is 5.92 Å². The second-order valence-electron chi connectivity index (χ2n) is 5.21. The lowest BCUT2D eigenvalue weighted by Gasteiger charge is -2.16. The summed E-state index contributed by atoms with van der Waals surface area (Å²) in [5, 5.41) is 0. The lowest BCUT2D eigenvalue weighted by atomic mass is 9.97. The van der Waals surface area contributed by atoms with E-state index in [1.165, 1.54) is 44.9 Å². The number of hydrogen-bond acceptors (Lipinski definition) is 3. The summed E-state index contributed by atoms with van der Waals surface area (Å²) in [4.78, 5) is 11.2. The van der Waals surface area contributed by atoms with Crippen molar-refractivity contribution in [3.8, 4) is 0 Å². The number of carbonyl (C=O) groups excluding carboxylic acids is 1. The van der Waals surface area contributed by atoms with Crippen molar-refractivity contribution in [3.63, 3.8) is 0 Å². The highest BCUT2D eigenvalue weighted by Crippen LogP contribution is 2.17. The minimum Gasteiger partial charge on any atom is -0.464 e. The molecule has 0 aliphatic heterocycles. The van der Waals surface area contributed by atoms with E-state index in [0.29, 0.717) is 12.5 Å². The van der Waals surface area contributed by atoms with Crippen LogP contribution >= 0.6 is 9.47 Å². The van der Waals surface area contributed by atoms with Gasteiger partial charge >= 0.3 is 5.97 Å². The number of rotatable bonds is 13. The number of ether oxygens (including phenoxy) is 1. The smallest absolute Gasteiger partial charge is 0.332 e. The lowest BCUT2D eigenvalue weighted by molar-refractivity contribution is -0.147. The number of carbonyl (C=O) groups is 1. The highest BCUT2D eigenvalue weighted by atomic mass is 31.0. The molecule has 0 aromatic heterocycles. The fourth-order valence-corrected chi connectivity index (χ4v) is 2.39. The first-order valence-corrected chi connectivity index (χ1v) is 8.19. The Morgan fingerprint density at radius 3 is 2.32 bits per heavy atom. The average Bonchev–Trinajstić information content (AvgIpc) is 2.40. The van der Waals surface area contributed by atoms with Gasteiger partial charge in [0.05, 0.1) is 6.61 Å². The predicted molar refractivity (Wildman–Crippen MR) is 83.0 cm³/mol. The molecule has 0 radical (unpaired) electrons. The van der Waals surface area contributed by atoms with Gasteiger partial charge in [-0.2, -0.15) is 0 Å². The van der Waals surface area contributed by atoms with Gasteiger partial charge in [-0.25, -0.2) is 4.79 Å². The molecule has 114 valence electrons. The van der Waals surface area contributed by atoms with Crippen LogP contribution in [0.1, 0.15) is 71.6 Å². The number of unbranched alkanes of at least 4 members (excludes halogenated alkanes) is 5. The van der Waals surface area contributed by atoms with Crippen LogP contribution < -0.4 is 0 Å². The van der Waals surface area contributed by atoms with Gasteiger partial charge in [-0.3, -0.25) is 0 Å². The first-order chi connectivity index (χ1) is 9.24. The molecule has 0 aliphatic carbocycles. The molecular formula is C15H31O3P. The van der Waals surface area contributed by atoms with Crippen molar-refractivity contribution in [1.82, 2.24) is 0 Å². The molecule has 0 bridgehead atoms. The van der Waals surface area contributed by atoms with Crippen molar-refractivity contribution < 1.29 is 14.1 Å². The zero-order valence-corrected chi connectivity index (χ0v) is 13.8. The maximum absolute atomic E-state index is 11.2. The summed E-state index contributed by atoms with van der Waals surface area (Å²) in [6.45, 7) is 5.00. The monoisotopic (exact) mass is 290 g/mol. The molecule has 3 nitrogen and oxygen atoms in total. The quantitative estimate of drug-likeness (QED) is 0.284. The minimum absolute atomic E-state index is 0.0283. The highest BCUT2D eigenvalue weighted by Gasteiger charge is 2.11. The van der Waals surface area contributed by atoms with Crippen LogP contribution in [0.15, 0.2) is 0 Å². The Kier molecular flexibility index (Phi) is 14.2. The van der Waals surface area contributed by atoms with E-state index >= 15 is 0 Å². The third-order valence-electron chi connectivity index (χ3n) is 3.34. The van der Waals surface area contributed by atoms with Crippen LogP contribution in [-0.2, 0) is 14.1 Å². The van der Waals surface area contributed by atoms with E-state index in [1.54, 1.807) is 0 Å². The molecule has 0 saturated carbocycles. The van der Waals surface area contributed by atoms with Gasteiger partial charge in [-0.05, 0) is 18.8 Å². The maximum Gasteiger partial charge on any atom is 0.332 e. The molecule has 0 aliphatic rings. The fourth-order valence-electron chi connectivity index (χ4n) is 2.25. The highest BCUT2D eigenvalue weighted by molar-refractivity contribution is 7.09. The summed E-state index contributed by atoms with van der Waals surface area (Å²) in [5.74, 6) is 0.253. The number of hydrogen-bond donors (Lipinski definition) is 0. The van der Waals surface area contributed by atoms with E-state index < -0.39 is 0 Å². The van der Waals surface area contributed by atoms with Gasteiger partial charge in [0.2, 0.25) is 0 Å². The molecule has 0 spiro atoms. The molecule has 0 heterocycles. The second-order valence-corrected chi connectivity index (χ2v) is 5.54. The van der Waals surface area contributed by atoms with Crippen LogP contribution in [0.3, 0.4) is 0 Å². The molecule has 0 saturated heterocycles. The van der Waals surface area contributed by atoms with Crippen molar-refractivity contribution >= 4 is 15.4 Å². The fraction of sp³-hybridized carbons (Fsp3) is 0.933. The molecule has 2 unspecified atom stereocenters. The first-order valence-electron chi connectivity index (χ1n) is 7.71. The molecule has 0 aromatic carbocycles. The molecule has 4 heteroatoms. The Balaban J connectivity index is 3.64. The van der Waals surface area contributed by atoms with E-state index in [2.05, 4.69) is 27.8 Å². The molecule has 0 amide bonds. The summed E-state index contributed by atoms with van der Waals surface area (Å²) in [6.07, 6.45) is 11.4. The molecule has 0 rings (SSSR count). The third kappa shape index (κ3) is 12.6. The Bertz CT molecular complexity index is 210. The number of esters is 1. The van der Waals surface area contributed by atoms with Crippen LogP contribution in [-0.4, -0.2) is 19.2 Å². The predicted octanol–water partition coefficient (Wildman–Crippen LogP) is 4.50. The summed E-state index contributed by atoms with van der Waals surface area (Å²) in [7, 11) is 2.07.